The summed E-state index contributed by atoms with van der Waals surface area (Å²) in [5.41, 5.74) is -3.67. The van der Waals surface area contributed by atoms with Crippen LogP contribution in [0.4, 0.5) is 8.78 Å². The monoisotopic (exact) mass is 468 g/mol. The number of esters is 2. The lowest BCUT2D eigenvalue weighted by molar-refractivity contribution is -0.219. The van der Waals surface area contributed by atoms with Gasteiger partial charge < -0.3 is 14.6 Å². The van der Waals surface area contributed by atoms with Crippen LogP contribution in [-0.2, 0) is 23.9 Å². The van der Waals surface area contributed by atoms with Crippen molar-refractivity contribution in [2.45, 2.75) is 84.1 Å². The summed E-state index contributed by atoms with van der Waals surface area (Å²) in [7, 11) is 1.24. The van der Waals surface area contributed by atoms with E-state index >= 15 is 4.39 Å². The highest BCUT2D eigenvalue weighted by Gasteiger charge is 2.74. The number of hydrogen-bond donors (Lipinski definition) is 1. The number of alkyl halides is 1. The number of hydrogen-bond acceptors (Lipinski definition) is 6. The number of fused-ring (bicyclic) bond motifs is 5. The van der Waals surface area contributed by atoms with E-state index < -0.39 is 64.1 Å². The Kier molecular flexibility index (Phi) is 5.78. The normalized spacial score (nSPS) is 46.8. The zero-order valence-corrected chi connectivity index (χ0v) is 20.0. The largest absolute Gasteiger partial charge is 0.466 e. The molecule has 0 aromatic carbocycles. The quantitative estimate of drug-likeness (QED) is 0.633. The van der Waals surface area contributed by atoms with Gasteiger partial charge in [0.15, 0.2) is 11.6 Å². The van der Waals surface area contributed by atoms with Gasteiger partial charge in [-0.25, -0.2) is 13.6 Å². The van der Waals surface area contributed by atoms with Crippen molar-refractivity contribution in [1.29, 1.82) is 0 Å². The molecule has 0 heterocycles. The van der Waals surface area contributed by atoms with Gasteiger partial charge in [0.25, 0.3) is 0 Å². The molecule has 0 bridgehead atoms. The summed E-state index contributed by atoms with van der Waals surface area (Å²) in [5.74, 6) is -4.35. The molecule has 3 fully saturated rings. The van der Waals surface area contributed by atoms with Crippen molar-refractivity contribution < 1.29 is 37.7 Å². The fourth-order valence-corrected chi connectivity index (χ4v) is 8.21. The molecule has 0 saturated heterocycles. The lowest BCUT2D eigenvalue weighted by Crippen LogP contribution is -2.65. The molecule has 1 N–H and O–H groups in total. The van der Waals surface area contributed by atoms with Gasteiger partial charge in [0.05, 0.1) is 13.2 Å². The number of ether oxygens (including phenoxy) is 2. The number of Topliss-reactive ketones (excluding diaryl/α,β-unsaturated/α-hetero) is 1. The third kappa shape index (κ3) is 3.01. The fraction of sp³-hybridized carbons (Fsp3) is 0.800. The van der Waals surface area contributed by atoms with Crippen molar-refractivity contribution >= 4 is 17.7 Å². The molecule has 0 amide bonds. The zero-order chi connectivity index (χ0) is 24.5. The Bertz CT molecular complexity index is 917. The van der Waals surface area contributed by atoms with Gasteiger partial charge >= 0.3 is 11.9 Å². The van der Waals surface area contributed by atoms with Gasteiger partial charge in [-0.2, -0.15) is 0 Å². The molecule has 4 aliphatic carbocycles. The van der Waals surface area contributed by atoms with Crippen LogP contribution >= 0.6 is 0 Å². The minimum absolute atomic E-state index is 0.0208. The van der Waals surface area contributed by atoms with Crippen LogP contribution in [0.25, 0.3) is 0 Å². The van der Waals surface area contributed by atoms with Gasteiger partial charge in [-0.15, -0.1) is 0 Å². The Labute approximate surface area is 193 Å². The van der Waals surface area contributed by atoms with Crippen LogP contribution in [0.2, 0.25) is 0 Å². The molecule has 0 aromatic rings. The van der Waals surface area contributed by atoms with Gasteiger partial charge in [-0.05, 0) is 43.4 Å². The second-order valence-electron chi connectivity index (χ2n) is 10.9. The molecule has 8 heteroatoms. The van der Waals surface area contributed by atoms with Crippen LogP contribution < -0.4 is 0 Å². The van der Waals surface area contributed by atoms with Gasteiger partial charge in [0.2, 0.25) is 5.60 Å². The molecule has 9 atom stereocenters. The zero-order valence-electron chi connectivity index (χ0n) is 20.0. The van der Waals surface area contributed by atoms with Crippen molar-refractivity contribution in [2.75, 3.05) is 7.11 Å². The van der Waals surface area contributed by atoms with E-state index in [2.05, 4.69) is 0 Å². The van der Waals surface area contributed by atoms with Crippen LogP contribution in [0.3, 0.4) is 0 Å². The van der Waals surface area contributed by atoms with Crippen LogP contribution in [0, 0.1) is 34.5 Å². The summed E-state index contributed by atoms with van der Waals surface area (Å²) < 4.78 is 41.4. The molecule has 33 heavy (non-hydrogen) atoms. The summed E-state index contributed by atoms with van der Waals surface area (Å²) in [6.45, 7) is 7.05. The van der Waals surface area contributed by atoms with E-state index in [-0.39, 0.29) is 49.5 Å². The molecular formula is C25H34F2O6. The van der Waals surface area contributed by atoms with Crippen LogP contribution in [0.5, 0.6) is 0 Å². The minimum atomic E-state index is -1.64. The predicted octanol–water partition coefficient (Wildman–Crippen LogP) is 3.85. The maximum Gasteiger partial charge on any atom is 0.351 e. The number of methoxy groups -OCH3 is 1. The number of aliphatic hydroxyl groups excluding tert-OH is 1. The summed E-state index contributed by atoms with van der Waals surface area (Å²) in [5, 5.41) is 11.5. The summed E-state index contributed by atoms with van der Waals surface area (Å²) in [6.07, 6.45) is -1.72. The van der Waals surface area contributed by atoms with E-state index in [0.717, 1.165) is 0 Å². The molecule has 6 nitrogen and oxygen atoms in total. The molecule has 0 spiro atoms. The highest BCUT2D eigenvalue weighted by atomic mass is 19.1. The standard InChI is InChI=1S/C25H34F2O6/c1-6-18(30)33-25(22(31)32-5)12(2)9-14-13-10-15(26)20-21(27)16(28)7-8-23(20,3)19(13)17(29)11-24(14,25)4/h12-15,17,19,29H,6-11H2,1-5H3/t12?,13-,14-,15?,17?,19-,23+,24-,25?/m0/s1. The lowest BCUT2D eigenvalue weighted by Gasteiger charge is -2.61. The molecule has 4 unspecified atom stereocenters. The average Bonchev–Trinajstić information content (AvgIpc) is 2.97. The van der Waals surface area contributed by atoms with Crippen molar-refractivity contribution in [3.63, 3.8) is 0 Å². The SMILES string of the molecule is CCC(=O)OC1(C(=O)OC)C(C)C[C@H]2[C@@H]3CC(F)C4=C(F)C(=O)CC[C@]4(C)[C@@H]3C(O)C[C@@]21C. The highest BCUT2D eigenvalue weighted by molar-refractivity contribution is 5.95. The van der Waals surface area contributed by atoms with Crippen LogP contribution in [0.15, 0.2) is 11.4 Å². The van der Waals surface area contributed by atoms with Crippen molar-refractivity contribution in [2.24, 2.45) is 34.5 Å². The lowest BCUT2D eigenvalue weighted by atomic mass is 9.45. The van der Waals surface area contributed by atoms with E-state index in [1.54, 1.807) is 13.8 Å². The molecule has 0 aliphatic heterocycles. The van der Waals surface area contributed by atoms with E-state index in [9.17, 15) is 23.9 Å². The second-order valence-corrected chi connectivity index (χ2v) is 10.9. The summed E-state index contributed by atoms with van der Waals surface area (Å²) in [6, 6.07) is 0. The molecule has 0 radical (unpaired) electrons. The van der Waals surface area contributed by atoms with Gasteiger partial charge in [-0.3, -0.25) is 9.59 Å². The van der Waals surface area contributed by atoms with E-state index in [1.807, 2.05) is 13.8 Å². The minimum Gasteiger partial charge on any atom is -0.466 e. The topological polar surface area (TPSA) is 89.9 Å². The maximum absolute atomic E-state index is 15.5. The molecule has 184 valence electrons. The van der Waals surface area contributed by atoms with Gasteiger partial charge in [0.1, 0.15) is 6.17 Å². The Morgan fingerprint density at radius 3 is 2.52 bits per heavy atom. The third-order valence-corrected chi connectivity index (χ3v) is 9.54. The first-order chi connectivity index (χ1) is 15.4. The first kappa shape index (κ1) is 24.3. The molecule has 4 aliphatic rings. The number of carbonyl (C=O) groups is 3. The first-order valence-corrected chi connectivity index (χ1v) is 11.9. The molecule has 0 aromatic heterocycles. The first-order valence-electron chi connectivity index (χ1n) is 11.9. The van der Waals surface area contributed by atoms with E-state index in [0.29, 0.717) is 6.42 Å². The van der Waals surface area contributed by atoms with Crippen LogP contribution in [0.1, 0.15) is 66.2 Å². The summed E-state index contributed by atoms with van der Waals surface area (Å²) >= 11 is 0. The van der Waals surface area contributed by atoms with Crippen molar-refractivity contribution in [3.8, 4) is 0 Å². The molecule has 3 saturated carbocycles. The van der Waals surface area contributed by atoms with Gasteiger partial charge in [-0.1, -0.05) is 27.7 Å². The Morgan fingerprint density at radius 1 is 1.24 bits per heavy atom. The van der Waals surface area contributed by atoms with E-state index in [4.69, 9.17) is 9.47 Å². The van der Waals surface area contributed by atoms with Gasteiger partial charge in [0, 0.05) is 35.2 Å². The van der Waals surface area contributed by atoms with E-state index in [1.165, 1.54) is 7.11 Å². The predicted molar refractivity (Wildman–Crippen MR) is 114 cm³/mol. The Morgan fingerprint density at radius 2 is 1.91 bits per heavy atom. The number of allylic oxidation sites excluding steroid dienone is 1. The second kappa shape index (κ2) is 7.85. The number of carbonyl (C=O) groups excluding carboxylic acids is 3. The molecule has 4 rings (SSSR count). The number of halogens is 2. The average molecular weight is 469 g/mol. The third-order valence-electron chi connectivity index (χ3n) is 9.54. The number of aliphatic hydroxyl groups is 1. The molecular weight excluding hydrogens is 434 g/mol. The maximum atomic E-state index is 15.5. The smallest absolute Gasteiger partial charge is 0.351 e. The Hall–Kier alpha value is -1.83. The Balaban J connectivity index is 1.84. The van der Waals surface area contributed by atoms with Crippen LogP contribution in [-0.4, -0.2) is 47.8 Å². The fourth-order valence-electron chi connectivity index (χ4n) is 8.21. The van der Waals surface area contributed by atoms with Crippen molar-refractivity contribution in [1.82, 2.24) is 0 Å². The number of ketones is 1. The highest BCUT2D eigenvalue weighted by Crippen LogP contribution is 2.70. The van der Waals surface area contributed by atoms with Crippen molar-refractivity contribution in [3.05, 3.63) is 11.4 Å². The number of rotatable bonds is 3. The summed E-state index contributed by atoms with van der Waals surface area (Å²) in [4.78, 5) is 37.7.